The molecule has 0 amide bonds. The monoisotopic (exact) mass is 237 g/mol. The van der Waals surface area contributed by atoms with Crippen molar-refractivity contribution in [1.29, 1.82) is 0 Å². The highest BCUT2D eigenvalue weighted by Crippen LogP contribution is 2.11. The van der Waals surface area contributed by atoms with E-state index in [2.05, 4.69) is 19.2 Å². The Morgan fingerprint density at radius 2 is 2.12 bits per heavy atom. The van der Waals surface area contributed by atoms with Gasteiger partial charge in [-0.25, -0.2) is 0 Å². The average Bonchev–Trinajstić information content (AvgIpc) is 2.28. The Morgan fingerprint density at radius 1 is 1.35 bits per heavy atom. The first-order chi connectivity index (χ1) is 8.13. The summed E-state index contributed by atoms with van der Waals surface area (Å²) in [4.78, 5) is 0. The van der Waals surface area contributed by atoms with Crippen LogP contribution in [0.2, 0.25) is 0 Å². The Hall–Kier alpha value is -1.06. The van der Waals surface area contributed by atoms with Gasteiger partial charge in [0.05, 0.1) is 6.61 Å². The molecule has 1 aromatic rings. The Morgan fingerprint density at radius 3 is 2.71 bits per heavy atom. The molecule has 1 unspecified atom stereocenters. The minimum atomic E-state index is 0.315. The lowest BCUT2D eigenvalue weighted by molar-refractivity contribution is 0.108. The summed E-state index contributed by atoms with van der Waals surface area (Å²) in [7, 11) is 0. The average molecular weight is 237 g/mol. The van der Waals surface area contributed by atoms with Gasteiger partial charge in [-0.15, -0.1) is 0 Å². The summed E-state index contributed by atoms with van der Waals surface area (Å²) in [5, 5.41) is 12.8. The Labute approximate surface area is 104 Å². The molecule has 96 valence electrons. The molecule has 0 aliphatic heterocycles. The topological polar surface area (TPSA) is 41.5 Å². The van der Waals surface area contributed by atoms with Crippen LogP contribution in [0.4, 0.5) is 0 Å². The molecule has 17 heavy (non-hydrogen) atoms. The van der Waals surface area contributed by atoms with Crippen molar-refractivity contribution in [2.45, 2.75) is 33.4 Å². The van der Waals surface area contributed by atoms with E-state index in [1.54, 1.807) is 12.1 Å². The number of benzene rings is 1. The van der Waals surface area contributed by atoms with Crippen molar-refractivity contribution in [2.24, 2.45) is 5.92 Å². The predicted octanol–water partition coefficient (Wildman–Crippen LogP) is 2.54. The second-order valence-corrected chi connectivity index (χ2v) is 4.56. The second-order valence-electron chi connectivity index (χ2n) is 4.56. The molecule has 1 atom stereocenters. The third-order valence-corrected chi connectivity index (χ3v) is 2.79. The number of ether oxygens (including phenoxy) is 1. The number of rotatable bonds is 7. The van der Waals surface area contributed by atoms with E-state index in [4.69, 9.17) is 4.74 Å². The van der Waals surface area contributed by atoms with Crippen molar-refractivity contribution in [1.82, 2.24) is 5.32 Å². The minimum absolute atomic E-state index is 0.315. The largest absolute Gasteiger partial charge is 0.508 e. The summed E-state index contributed by atoms with van der Waals surface area (Å²) in [6.07, 6.45) is 0. The molecule has 0 aliphatic carbocycles. The summed E-state index contributed by atoms with van der Waals surface area (Å²) in [5.74, 6) is 0.842. The predicted molar refractivity (Wildman–Crippen MR) is 70.1 cm³/mol. The Bertz CT molecular complexity index is 326. The summed E-state index contributed by atoms with van der Waals surface area (Å²) < 4.78 is 5.46. The van der Waals surface area contributed by atoms with Gasteiger partial charge in [0, 0.05) is 19.2 Å². The SMILES string of the molecule is CCOCC(NCc1cccc(O)c1)C(C)C. The van der Waals surface area contributed by atoms with Gasteiger partial charge >= 0.3 is 0 Å². The van der Waals surface area contributed by atoms with Crippen molar-refractivity contribution < 1.29 is 9.84 Å². The van der Waals surface area contributed by atoms with Gasteiger partial charge in [-0.05, 0) is 30.5 Å². The zero-order valence-electron chi connectivity index (χ0n) is 10.9. The van der Waals surface area contributed by atoms with E-state index in [-0.39, 0.29) is 0 Å². The highest BCUT2D eigenvalue weighted by molar-refractivity contribution is 5.26. The molecule has 2 N–H and O–H groups in total. The maximum absolute atomic E-state index is 9.38. The number of phenols is 1. The van der Waals surface area contributed by atoms with Crippen molar-refractivity contribution in [3.05, 3.63) is 29.8 Å². The molecule has 0 radical (unpaired) electrons. The third-order valence-electron chi connectivity index (χ3n) is 2.79. The number of phenolic OH excluding ortho intramolecular Hbond substituents is 1. The summed E-state index contributed by atoms with van der Waals surface area (Å²) in [6.45, 7) is 8.60. The summed E-state index contributed by atoms with van der Waals surface area (Å²) in [6, 6.07) is 7.68. The van der Waals surface area contributed by atoms with Gasteiger partial charge in [0.2, 0.25) is 0 Å². The maximum atomic E-state index is 9.38. The quantitative estimate of drug-likeness (QED) is 0.765. The number of nitrogens with one attached hydrogen (secondary N) is 1. The maximum Gasteiger partial charge on any atom is 0.115 e. The normalized spacial score (nSPS) is 12.9. The molecule has 0 aromatic heterocycles. The fourth-order valence-corrected chi connectivity index (χ4v) is 1.65. The molecule has 0 spiro atoms. The fourth-order valence-electron chi connectivity index (χ4n) is 1.65. The molecule has 0 saturated carbocycles. The fraction of sp³-hybridized carbons (Fsp3) is 0.571. The number of aromatic hydroxyl groups is 1. The first-order valence-electron chi connectivity index (χ1n) is 6.22. The van der Waals surface area contributed by atoms with Crippen LogP contribution in [0, 0.1) is 5.92 Å². The zero-order chi connectivity index (χ0) is 12.7. The third kappa shape index (κ3) is 5.20. The van der Waals surface area contributed by atoms with Crippen LogP contribution in [0.25, 0.3) is 0 Å². The van der Waals surface area contributed by atoms with E-state index in [1.807, 2.05) is 19.1 Å². The van der Waals surface area contributed by atoms with Crippen LogP contribution < -0.4 is 5.32 Å². The van der Waals surface area contributed by atoms with E-state index in [1.165, 1.54) is 0 Å². The Kier molecular flexibility index (Phi) is 6.01. The van der Waals surface area contributed by atoms with Crippen LogP contribution in [0.5, 0.6) is 5.75 Å². The molecule has 3 heteroatoms. The van der Waals surface area contributed by atoms with E-state index in [9.17, 15) is 5.11 Å². The Balaban J connectivity index is 2.45. The van der Waals surface area contributed by atoms with Crippen molar-refractivity contribution in [3.8, 4) is 5.75 Å². The smallest absolute Gasteiger partial charge is 0.115 e. The van der Waals surface area contributed by atoms with Crippen LogP contribution >= 0.6 is 0 Å². The van der Waals surface area contributed by atoms with Crippen molar-refractivity contribution >= 4 is 0 Å². The lowest BCUT2D eigenvalue weighted by Gasteiger charge is -2.22. The first kappa shape index (κ1) is 14.0. The lowest BCUT2D eigenvalue weighted by Crippen LogP contribution is -2.37. The highest BCUT2D eigenvalue weighted by atomic mass is 16.5. The van der Waals surface area contributed by atoms with Crippen molar-refractivity contribution in [2.75, 3.05) is 13.2 Å². The van der Waals surface area contributed by atoms with Gasteiger partial charge < -0.3 is 15.2 Å². The highest BCUT2D eigenvalue weighted by Gasteiger charge is 2.12. The van der Waals surface area contributed by atoms with Crippen LogP contribution in [-0.2, 0) is 11.3 Å². The molecule has 1 rings (SSSR count). The molecule has 3 nitrogen and oxygen atoms in total. The van der Waals surface area contributed by atoms with E-state index in [0.29, 0.717) is 17.7 Å². The molecule has 1 aromatic carbocycles. The molecular weight excluding hydrogens is 214 g/mol. The van der Waals surface area contributed by atoms with Gasteiger partial charge in [-0.2, -0.15) is 0 Å². The van der Waals surface area contributed by atoms with Crippen LogP contribution in [0.1, 0.15) is 26.3 Å². The molecule has 0 bridgehead atoms. The summed E-state index contributed by atoms with van der Waals surface area (Å²) in [5.41, 5.74) is 1.09. The van der Waals surface area contributed by atoms with Gasteiger partial charge in [-0.1, -0.05) is 26.0 Å². The van der Waals surface area contributed by atoms with Gasteiger partial charge in [-0.3, -0.25) is 0 Å². The standard InChI is InChI=1S/C14H23NO2/c1-4-17-10-14(11(2)3)15-9-12-6-5-7-13(16)8-12/h5-8,11,14-16H,4,9-10H2,1-3H3. The van der Waals surface area contributed by atoms with E-state index < -0.39 is 0 Å². The lowest BCUT2D eigenvalue weighted by atomic mass is 10.0. The molecular formula is C14H23NO2. The molecule has 0 heterocycles. The second kappa shape index (κ2) is 7.30. The zero-order valence-corrected chi connectivity index (χ0v) is 10.9. The van der Waals surface area contributed by atoms with Gasteiger partial charge in [0.25, 0.3) is 0 Å². The number of hydrogen-bond acceptors (Lipinski definition) is 3. The van der Waals surface area contributed by atoms with Crippen LogP contribution in [0.3, 0.4) is 0 Å². The first-order valence-corrected chi connectivity index (χ1v) is 6.22. The van der Waals surface area contributed by atoms with E-state index in [0.717, 1.165) is 25.3 Å². The van der Waals surface area contributed by atoms with Crippen LogP contribution in [0.15, 0.2) is 24.3 Å². The summed E-state index contributed by atoms with van der Waals surface area (Å²) >= 11 is 0. The van der Waals surface area contributed by atoms with Gasteiger partial charge in [0.15, 0.2) is 0 Å². The van der Waals surface area contributed by atoms with E-state index >= 15 is 0 Å². The van der Waals surface area contributed by atoms with Gasteiger partial charge in [0.1, 0.15) is 5.75 Å². The molecule has 0 aliphatic rings. The van der Waals surface area contributed by atoms with Crippen molar-refractivity contribution in [3.63, 3.8) is 0 Å². The molecule has 0 saturated heterocycles. The number of hydrogen-bond donors (Lipinski definition) is 2. The minimum Gasteiger partial charge on any atom is -0.508 e. The van der Waals surface area contributed by atoms with Crippen LogP contribution in [-0.4, -0.2) is 24.4 Å². The molecule has 0 fully saturated rings.